The zero-order valence-corrected chi connectivity index (χ0v) is 18.4. The van der Waals surface area contributed by atoms with Gasteiger partial charge in [0.25, 0.3) is 5.56 Å². The molecule has 1 N–H and O–H groups in total. The van der Waals surface area contributed by atoms with Crippen LogP contribution in [0.15, 0.2) is 45.8 Å². The molecule has 0 bridgehead atoms. The molecule has 2 aromatic rings. The van der Waals surface area contributed by atoms with Crippen LogP contribution in [0.2, 0.25) is 5.02 Å². The minimum absolute atomic E-state index is 0.130. The number of amidine groups is 1. The van der Waals surface area contributed by atoms with Crippen LogP contribution in [0.5, 0.6) is 0 Å². The molecular formula is C22H24ClN5O2. The number of rotatable bonds is 5. The molecule has 30 heavy (non-hydrogen) atoms. The van der Waals surface area contributed by atoms with Crippen molar-refractivity contribution in [3.05, 3.63) is 68.9 Å². The van der Waals surface area contributed by atoms with Gasteiger partial charge in [0.2, 0.25) is 0 Å². The highest BCUT2D eigenvalue weighted by atomic mass is 35.5. The number of nitriles is 1. The Bertz CT molecular complexity index is 1150. The lowest BCUT2D eigenvalue weighted by Gasteiger charge is -2.18. The molecule has 0 spiro atoms. The van der Waals surface area contributed by atoms with E-state index in [2.05, 4.69) is 21.5 Å². The Labute approximate surface area is 180 Å². The normalized spacial score (nSPS) is 12.6. The van der Waals surface area contributed by atoms with Crippen molar-refractivity contribution in [1.29, 1.82) is 5.26 Å². The van der Waals surface area contributed by atoms with E-state index in [-0.39, 0.29) is 16.4 Å². The summed E-state index contributed by atoms with van der Waals surface area (Å²) in [5.41, 5.74) is 1.22. The fourth-order valence-electron chi connectivity index (χ4n) is 2.97. The van der Waals surface area contributed by atoms with Gasteiger partial charge in [0.1, 0.15) is 16.7 Å². The van der Waals surface area contributed by atoms with Crippen molar-refractivity contribution in [2.45, 2.75) is 39.7 Å². The second-order valence-electron chi connectivity index (χ2n) is 7.12. The number of hydrogen-bond acceptors (Lipinski definition) is 5. The van der Waals surface area contributed by atoms with Crippen LogP contribution in [0, 0.1) is 18.3 Å². The van der Waals surface area contributed by atoms with E-state index < -0.39 is 11.2 Å². The Morgan fingerprint density at radius 1 is 1.47 bits per heavy atom. The van der Waals surface area contributed by atoms with Gasteiger partial charge in [-0.3, -0.25) is 19.3 Å². The Morgan fingerprint density at radius 2 is 2.13 bits per heavy atom. The van der Waals surface area contributed by atoms with Crippen LogP contribution in [-0.2, 0) is 6.42 Å². The average molecular weight is 426 g/mol. The molecule has 0 radical (unpaired) electrons. The smallest absolute Gasteiger partial charge is 0.275 e. The zero-order valence-electron chi connectivity index (χ0n) is 17.7. The molecule has 0 saturated carbocycles. The van der Waals surface area contributed by atoms with E-state index in [1.807, 2.05) is 13.0 Å². The number of allylic oxidation sites excluding steroid dienone is 1. The first-order valence-corrected chi connectivity index (χ1v) is 9.69. The molecule has 0 aliphatic carbocycles. The van der Waals surface area contributed by atoms with Gasteiger partial charge in [-0.05, 0) is 51.0 Å². The fraction of sp³-hybridized carbons (Fsp3) is 0.318. The maximum atomic E-state index is 12.9. The van der Waals surface area contributed by atoms with Gasteiger partial charge >= 0.3 is 0 Å². The number of aliphatic hydroxyl groups is 1. The van der Waals surface area contributed by atoms with Crippen molar-refractivity contribution in [1.82, 2.24) is 9.55 Å². The fourth-order valence-corrected chi connectivity index (χ4v) is 3.15. The number of aryl methyl sites for hydroxylation is 2. The number of halogens is 1. The van der Waals surface area contributed by atoms with Crippen LogP contribution in [0.4, 0.5) is 0 Å². The number of nitrogens with zero attached hydrogens (tertiary/aromatic N) is 5. The van der Waals surface area contributed by atoms with Gasteiger partial charge in [0, 0.05) is 18.9 Å². The van der Waals surface area contributed by atoms with Crippen LogP contribution < -0.4 is 5.56 Å². The lowest BCUT2D eigenvalue weighted by atomic mass is 10.1. The van der Waals surface area contributed by atoms with Gasteiger partial charge in [-0.2, -0.15) is 5.26 Å². The second-order valence-corrected chi connectivity index (χ2v) is 7.50. The van der Waals surface area contributed by atoms with Gasteiger partial charge in [0.05, 0.1) is 22.7 Å². The molecule has 2 aromatic heterocycles. The first kappa shape index (κ1) is 23.2. The largest absolute Gasteiger partial charge is 0.382 e. The molecule has 7 nitrogen and oxygen atoms in total. The van der Waals surface area contributed by atoms with Crippen LogP contribution in [0.25, 0.3) is 5.69 Å². The van der Waals surface area contributed by atoms with Gasteiger partial charge < -0.3 is 5.11 Å². The Kier molecular flexibility index (Phi) is 7.08. The third kappa shape index (κ3) is 4.56. The minimum atomic E-state index is -1.25. The van der Waals surface area contributed by atoms with E-state index in [1.54, 1.807) is 39.1 Å². The van der Waals surface area contributed by atoms with E-state index in [9.17, 15) is 15.2 Å². The van der Waals surface area contributed by atoms with Crippen LogP contribution in [0.1, 0.15) is 43.3 Å². The molecule has 0 saturated heterocycles. The van der Waals surface area contributed by atoms with Gasteiger partial charge in [-0.1, -0.05) is 25.1 Å². The van der Waals surface area contributed by atoms with Gasteiger partial charge in [-0.15, -0.1) is 0 Å². The summed E-state index contributed by atoms with van der Waals surface area (Å²) in [7, 11) is 1.54. The zero-order chi connectivity index (χ0) is 22.6. The first-order chi connectivity index (χ1) is 14.1. The number of aromatic nitrogens is 2. The third-order valence-electron chi connectivity index (χ3n) is 4.48. The summed E-state index contributed by atoms with van der Waals surface area (Å²) >= 11 is 6.13. The average Bonchev–Trinajstić information content (AvgIpc) is 2.70. The summed E-state index contributed by atoms with van der Waals surface area (Å²) in [5.74, 6) is 0.218. The number of hydrogen-bond donors (Lipinski definition) is 1. The highest BCUT2D eigenvalue weighted by Gasteiger charge is 2.22. The Morgan fingerprint density at radius 3 is 2.63 bits per heavy atom. The predicted octanol–water partition coefficient (Wildman–Crippen LogP) is 3.40. The molecule has 0 aliphatic rings. The number of aliphatic imine (C=N–C) groups is 2. The van der Waals surface area contributed by atoms with Crippen molar-refractivity contribution in [3.63, 3.8) is 0 Å². The van der Waals surface area contributed by atoms with E-state index in [1.165, 1.54) is 17.7 Å². The minimum Gasteiger partial charge on any atom is -0.382 e. The topological polar surface area (TPSA) is 104 Å². The van der Waals surface area contributed by atoms with Gasteiger partial charge in [-0.25, -0.2) is 4.99 Å². The standard InChI is InChI=1S/C22H24ClN5O2/c1-7-14-12-26-17(16(8-2)27-21(25-6)22(4,5)30)10-18(14)28-13(3)9-15(11-24)19(23)20(28)29/h8-10,12,30H,2,7H2,1,3-6H3. The molecule has 2 heterocycles. The number of pyridine rings is 2. The molecule has 0 unspecified atom stereocenters. The van der Waals surface area contributed by atoms with E-state index in [0.29, 0.717) is 29.2 Å². The highest BCUT2D eigenvalue weighted by molar-refractivity contribution is 6.31. The van der Waals surface area contributed by atoms with Crippen molar-refractivity contribution < 1.29 is 5.11 Å². The predicted molar refractivity (Wildman–Crippen MR) is 120 cm³/mol. The SMILES string of the molecule is C=CC(=NC(=NC)C(C)(C)O)c1cc(-n2c(C)cc(C#N)c(Cl)c2=O)c(CC)cn1. The summed E-state index contributed by atoms with van der Waals surface area (Å²) < 4.78 is 1.46. The lowest BCUT2D eigenvalue weighted by molar-refractivity contribution is 0.152. The highest BCUT2D eigenvalue weighted by Crippen LogP contribution is 2.21. The van der Waals surface area contributed by atoms with Crippen LogP contribution in [-0.4, -0.2) is 38.9 Å². The quantitative estimate of drug-likeness (QED) is 0.585. The summed E-state index contributed by atoms with van der Waals surface area (Å²) in [5, 5.41) is 19.3. The molecular weight excluding hydrogens is 402 g/mol. The third-order valence-corrected chi connectivity index (χ3v) is 4.84. The summed E-state index contributed by atoms with van der Waals surface area (Å²) in [4.78, 5) is 25.8. The van der Waals surface area contributed by atoms with Crippen molar-refractivity contribution in [2.24, 2.45) is 9.98 Å². The molecule has 0 amide bonds. The van der Waals surface area contributed by atoms with Crippen molar-refractivity contribution in [2.75, 3.05) is 7.05 Å². The monoisotopic (exact) mass is 425 g/mol. The summed E-state index contributed by atoms with van der Waals surface area (Å²) in [6.45, 7) is 10.6. The Balaban J connectivity index is 2.79. The maximum Gasteiger partial charge on any atom is 0.275 e. The molecule has 0 aromatic carbocycles. The van der Waals surface area contributed by atoms with Gasteiger partial charge in [0.15, 0.2) is 5.84 Å². The van der Waals surface area contributed by atoms with E-state index in [0.717, 1.165) is 5.56 Å². The molecule has 0 fully saturated rings. The van der Waals surface area contributed by atoms with Crippen LogP contribution in [0.3, 0.4) is 0 Å². The summed E-state index contributed by atoms with van der Waals surface area (Å²) in [6, 6.07) is 5.23. The first-order valence-electron chi connectivity index (χ1n) is 9.31. The molecule has 0 atom stereocenters. The molecule has 0 aliphatic heterocycles. The van der Waals surface area contributed by atoms with Crippen LogP contribution >= 0.6 is 11.6 Å². The molecule has 8 heteroatoms. The second kappa shape index (κ2) is 9.16. The maximum absolute atomic E-state index is 12.9. The molecule has 2 rings (SSSR count). The van der Waals surface area contributed by atoms with E-state index >= 15 is 0 Å². The van der Waals surface area contributed by atoms with E-state index in [4.69, 9.17) is 11.6 Å². The Hall–Kier alpha value is -3.08. The summed E-state index contributed by atoms with van der Waals surface area (Å²) in [6.07, 6.45) is 3.79. The van der Waals surface area contributed by atoms with Crippen molar-refractivity contribution in [3.8, 4) is 11.8 Å². The van der Waals surface area contributed by atoms with Crippen molar-refractivity contribution >= 4 is 23.1 Å². The molecule has 156 valence electrons. The lowest BCUT2D eigenvalue weighted by Crippen LogP contribution is -2.30.